The summed E-state index contributed by atoms with van der Waals surface area (Å²) in [6.07, 6.45) is 1.39. The third-order valence-electron chi connectivity index (χ3n) is 4.88. The van der Waals surface area contributed by atoms with Crippen molar-refractivity contribution in [2.75, 3.05) is 5.32 Å². The van der Waals surface area contributed by atoms with E-state index < -0.39 is 11.7 Å². The molecule has 0 aliphatic heterocycles. The predicted molar refractivity (Wildman–Crippen MR) is 125 cm³/mol. The summed E-state index contributed by atoms with van der Waals surface area (Å²) in [4.78, 5) is 12.6. The second-order valence-electron chi connectivity index (χ2n) is 7.07. The lowest BCUT2D eigenvalue weighted by Crippen LogP contribution is -2.14. The van der Waals surface area contributed by atoms with Gasteiger partial charge in [-0.25, -0.2) is 4.39 Å². The van der Waals surface area contributed by atoms with Crippen molar-refractivity contribution in [2.24, 2.45) is 0 Å². The summed E-state index contributed by atoms with van der Waals surface area (Å²) >= 11 is 12.6. The lowest BCUT2D eigenvalue weighted by atomic mass is 10.1. The van der Waals surface area contributed by atoms with Crippen LogP contribution in [0.25, 0.3) is 6.08 Å². The number of hydrogen-bond acceptors (Lipinski definition) is 3. The number of benzene rings is 3. The zero-order chi connectivity index (χ0) is 23.3. The molecule has 4 nitrogen and oxygen atoms in total. The maximum atomic E-state index is 13.8. The fraction of sp³-hybridized carbons (Fsp3) is 0.120. The summed E-state index contributed by atoms with van der Waals surface area (Å²) in [5.41, 5.74) is 3.27. The Hall–Kier alpha value is -3.33. The van der Waals surface area contributed by atoms with E-state index in [-0.39, 0.29) is 28.0 Å². The highest BCUT2D eigenvalue weighted by Crippen LogP contribution is 2.35. The maximum Gasteiger partial charge on any atom is 0.266 e. The average molecular weight is 469 g/mol. The van der Waals surface area contributed by atoms with E-state index in [4.69, 9.17) is 27.9 Å². The molecule has 0 spiro atoms. The lowest BCUT2D eigenvalue weighted by molar-refractivity contribution is -0.112. The molecule has 0 radical (unpaired) electrons. The number of nitriles is 1. The highest BCUT2D eigenvalue weighted by molar-refractivity contribution is 6.37. The van der Waals surface area contributed by atoms with Crippen LogP contribution in [-0.2, 0) is 11.4 Å². The number of carbonyl (C=O) groups is 1. The SMILES string of the molecule is Cc1cccc(NC(=O)/C(C#N)=C/c2cc(Cl)c(OCc3ccccc3F)c(Cl)c2)c1C. The third kappa shape index (κ3) is 5.47. The van der Waals surface area contributed by atoms with Gasteiger partial charge in [0.25, 0.3) is 5.91 Å². The first-order valence-corrected chi connectivity index (χ1v) is 10.4. The van der Waals surface area contributed by atoms with Gasteiger partial charge in [-0.1, -0.05) is 53.5 Å². The summed E-state index contributed by atoms with van der Waals surface area (Å²) in [6, 6.07) is 16.7. The van der Waals surface area contributed by atoms with Gasteiger partial charge in [0.1, 0.15) is 24.1 Å². The summed E-state index contributed by atoms with van der Waals surface area (Å²) < 4.78 is 19.4. The van der Waals surface area contributed by atoms with Crippen LogP contribution in [0, 0.1) is 31.0 Å². The van der Waals surface area contributed by atoms with E-state index in [9.17, 15) is 14.4 Å². The first kappa shape index (κ1) is 23.3. The molecule has 0 aliphatic carbocycles. The van der Waals surface area contributed by atoms with Crippen molar-refractivity contribution in [1.82, 2.24) is 0 Å². The zero-order valence-corrected chi connectivity index (χ0v) is 18.9. The van der Waals surface area contributed by atoms with Gasteiger partial charge in [-0.2, -0.15) is 5.26 Å². The van der Waals surface area contributed by atoms with Crippen LogP contribution in [0.5, 0.6) is 5.75 Å². The van der Waals surface area contributed by atoms with E-state index >= 15 is 0 Å². The fourth-order valence-electron chi connectivity index (χ4n) is 2.96. The molecule has 32 heavy (non-hydrogen) atoms. The third-order valence-corrected chi connectivity index (χ3v) is 5.44. The van der Waals surface area contributed by atoms with Crippen LogP contribution >= 0.6 is 23.2 Å². The minimum absolute atomic E-state index is 0.0526. The van der Waals surface area contributed by atoms with Gasteiger partial charge in [-0.3, -0.25) is 4.79 Å². The van der Waals surface area contributed by atoms with Gasteiger partial charge in [-0.05, 0) is 60.9 Å². The minimum atomic E-state index is -0.548. The second kappa shape index (κ2) is 10.3. The van der Waals surface area contributed by atoms with E-state index in [1.807, 2.05) is 32.0 Å². The Labute approximate surface area is 195 Å². The first-order chi connectivity index (χ1) is 15.3. The number of rotatable bonds is 6. The van der Waals surface area contributed by atoms with E-state index in [1.54, 1.807) is 24.3 Å². The van der Waals surface area contributed by atoms with Gasteiger partial charge in [0.2, 0.25) is 0 Å². The first-order valence-electron chi connectivity index (χ1n) is 9.64. The predicted octanol–water partition coefficient (Wildman–Crippen LogP) is 6.87. The minimum Gasteiger partial charge on any atom is -0.486 e. The molecule has 1 amide bonds. The Morgan fingerprint density at radius 2 is 1.81 bits per heavy atom. The van der Waals surface area contributed by atoms with Crippen molar-refractivity contribution in [3.05, 3.63) is 98.3 Å². The lowest BCUT2D eigenvalue weighted by Gasteiger charge is -2.12. The number of aryl methyl sites for hydroxylation is 1. The number of amides is 1. The summed E-state index contributed by atoms with van der Waals surface area (Å²) in [5, 5.41) is 12.6. The second-order valence-corrected chi connectivity index (χ2v) is 7.88. The topological polar surface area (TPSA) is 62.1 Å². The molecule has 7 heteroatoms. The number of anilines is 1. The molecule has 0 atom stereocenters. The van der Waals surface area contributed by atoms with Crippen LogP contribution in [0.4, 0.5) is 10.1 Å². The molecular weight excluding hydrogens is 450 g/mol. The highest BCUT2D eigenvalue weighted by Gasteiger charge is 2.14. The largest absolute Gasteiger partial charge is 0.486 e. The Bertz CT molecular complexity index is 1230. The molecule has 3 aromatic carbocycles. The number of nitrogens with one attached hydrogen (secondary N) is 1. The Balaban J connectivity index is 1.80. The number of carbonyl (C=O) groups excluding carboxylic acids is 1. The Morgan fingerprint density at radius 3 is 2.47 bits per heavy atom. The highest BCUT2D eigenvalue weighted by atomic mass is 35.5. The van der Waals surface area contributed by atoms with Gasteiger partial charge in [0.05, 0.1) is 10.0 Å². The molecule has 0 bridgehead atoms. The van der Waals surface area contributed by atoms with Crippen LogP contribution in [0.2, 0.25) is 10.0 Å². The standard InChI is InChI=1S/C25H19Cl2FN2O2/c1-15-6-5-9-23(16(15)2)30-25(31)19(13-29)10-17-11-20(26)24(21(27)12-17)32-14-18-7-3-4-8-22(18)28/h3-12H,14H2,1-2H3,(H,30,31)/b19-10+. The number of nitrogens with zero attached hydrogens (tertiary/aromatic N) is 1. The summed E-state index contributed by atoms with van der Waals surface area (Å²) in [6.45, 7) is 3.77. The van der Waals surface area contributed by atoms with E-state index in [0.717, 1.165) is 11.1 Å². The van der Waals surface area contributed by atoms with Crippen LogP contribution in [0.3, 0.4) is 0 Å². The fourth-order valence-corrected chi connectivity index (χ4v) is 3.57. The molecule has 0 unspecified atom stereocenters. The van der Waals surface area contributed by atoms with Crippen LogP contribution < -0.4 is 10.1 Å². The molecule has 3 aromatic rings. The molecular formula is C25H19Cl2FN2O2. The zero-order valence-electron chi connectivity index (χ0n) is 17.4. The summed E-state index contributed by atoms with van der Waals surface area (Å²) in [7, 11) is 0. The van der Waals surface area contributed by atoms with Gasteiger partial charge >= 0.3 is 0 Å². The molecule has 0 heterocycles. The molecule has 0 fully saturated rings. The average Bonchev–Trinajstić information content (AvgIpc) is 2.75. The van der Waals surface area contributed by atoms with E-state index in [0.29, 0.717) is 16.8 Å². The monoisotopic (exact) mass is 468 g/mol. The van der Waals surface area contributed by atoms with E-state index in [2.05, 4.69) is 5.32 Å². The van der Waals surface area contributed by atoms with Crippen LogP contribution in [-0.4, -0.2) is 5.91 Å². The van der Waals surface area contributed by atoms with Crippen molar-refractivity contribution >= 4 is 40.9 Å². The van der Waals surface area contributed by atoms with E-state index in [1.165, 1.54) is 24.3 Å². The Morgan fingerprint density at radius 1 is 1.12 bits per heavy atom. The van der Waals surface area contributed by atoms with Gasteiger partial charge < -0.3 is 10.1 Å². The molecule has 0 aromatic heterocycles. The van der Waals surface area contributed by atoms with Crippen LogP contribution in [0.15, 0.2) is 60.2 Å². The van der Waals surface area contributed by atoms with Crippen molar-refractivity contribution in [3.8, 4) is 11.8 Å². The van der Waals surface area contributed by atoms with Crippen molar-refractivity contribution in [3.63, 3.8) is 0 Å². The normalized spacial score (nSPS) is 11.1. The quantitative estimate of drug-likeness (QED) is 0.316. The Kier molecular flexibility index (Phi) is 7.53. The number of halogens is 3. The molecule has 0 saturated heterocycles. The van der Waals surface area contributed by atoms with Crippen LogP contribution in [0.1, 0.15) is 22.3 Å². The molecule has 0 aliphatic rings. The maximum absolute atomic E-state index is 13.8. The van der Waals surface area contributed by atoms with Gasteiger partial charge in [0, 0.05) is 11.3 Å². The molecule has 0 saturated carbocycles. The van der Waals surface area contributed by atoms with Gasteiger partial charge in [0.15, 0.2) is 5.75 Å². The molecule has 162 valence electrons. The molecule has 3 rings (SSSR count). The smallest absolute Gasteiger partial charge is 0.266 e. The van der Waals surface area contributed by atoms with Crippen molar-refractivity contribution in [2.45, 2.75) is 20.5 Å². The number of hydrogen-bond donors (Lipinski definition) is 1. The number of ether oxygens (including phenoxy) is 1. The van der Waals surface area contributed by atoms with Crippen molar-refractivity contribution < 1.29 is 13.9 Å². The molecule has 1 N–H and O–H groups in total. The van der Waals surface area contributed by atoms with Gasteiger partial charge in [-0.15, -0.1) is 0 Å². The van der Waals surface area contributed by atoms with Crippen molar-refractivity contribution in [1.29, 1.82) is 5.26 Å². The summed E-state index contributed by atoms with van der Waals surface area (Å²) in [5.74, 6) is -0.756.